The predicted molar refractivity (Wildman–Crippen MR) is 89.1 cm³/mol. The second-order valence-corrected chi connectivity index (χ2v) is 6.34. The first-order valence-corrected chi connectivity index (χ1v) is 7.91. The van der Waals surface area contributed by atoms with Crippen molar-refractivity contribution >= 4 is 0 Å². The maximum atomic E-state index is 6.06. The summed E-state index contributed by atoms with van der Waals surface area (Å²) in [7, 11) is 1.91. The van der Waals surface area contributed by atoms with Crippen LogP contribution in [0.4, 0.5) is 0 Å². The van der Waals surface area contributed by atoms with Gasteiger partial charge in [0.05, 0.1) is 12.8 Å². The highest BCUT2D eigenvalue weighted by Gasteiger charge is 2.26. The summed E-state index contributed by atoms with van der Waals surface area (Å²) >= 11 is 0. The van der Waals surface area contributed by atoms with Gasteiger partial charge >= 0.3 is 0 Å². The van der Waals surface area contributed by atoms with E-state index in [0.717, 1.165) is 17.1 Å². The Labute approximate surface area is 141 Å². The smallest absolute Gasteiger partial charge is 0.157 e. The summed E-state index contributed by atoms with van der Waals surface area (Å²) in [6.45, 7) is 6.54. The first-order valence-electron chi connectivity index (χ1n) is 7.91. The maximum absolute atomic E-state index is 6.06. The van der Waals surface area contributed by atoms with Crippen LogP contribution in [-0.4, -0.2) is 29.8 Å². The highest BCUT2D eigenvalue weighted by Crippen LogP contribution is 2.25. The highest BCUT2D eigenvalue weighted by atomic mass is 16.5. The van der Waals surface area contributed by atoms with Gasteiger partial charge < -0.3 is 9.30 Å². The molecule has 3 aromatic rings. The van der Waals surface area contributed by atoms with Gasteiger partial charge in [0, 0.05) is 7.05 Å². The lowest BCUT2D eigenvalue weighted by molar-refractivity contribution is -0.0368. The Bertz CT molecular complexity index is 792. The monoisotopic (exact) mass is 326 g/mol. The van der Waals surface area contributed by atoms with E-state index in [1.54, 1.807) is 11.0 Å². The zero-order valence-electron chi connectivity index (χ0n) is 14.4. The van der Waals surface area contributed by atoms with Crippen LogP contribution in [0.15, 0.2) is 42.9 Å². The summed E-state index contributed by atoms with van der Waals surface area (Å²) in [6, 6.07) is 10.0. The van der Waals surface area contributed by atoms with E-state index in [1.165, 1.54) is 0 Å². The van der Waals surface area contributed by atoms with Gasteiger partial charge in [-0.25, -0.2) is 4.68 Å². The number of ether oxygens (including phenoxy) is 1. The number of hydrogen-bond donors (Lipinski definition) is 0. The van der Waals surface area contributed by atoms with E-state index >= 15 is 0 Å². The number of hydrogen-bond acceptors (Lipinski definition) is 5. The Morgan fingerprint density at radius 2 is 1.92 bits per heavy atom. The largest absolute Gasteiger partial charge is 0.364 e. The molecule has 2 aromatic heterocycles. The van der Waals surface area contributed by atoms with Crippen molar-refractivity contribution < 1.29 is 4.74 Å². The van der Waals surface area contributed by atoms with E-state index in [0.29, 0.717) is 6.61 Å². The predicted octanol–water partition coefficient (Wildman–Crippen LogP) is 2.47. The topological polar surface area (TPSA) is 70.7 Å². The van der Waals surface area contributed by atoms with Crippen molar-refractivity contribution in [1.82, 2.24) is 29.8 Å². The first kappa shape index (κ1) is 16.3. The molecule has 1 aromatic carbocycles. The Kier molecular flexibility index (Phi) is 4.44. The normalized spacial score (nSPS) is 13.2. The maximum Gasteiger partial charge on any atom is 0.157 e. The van der Waals surface area contributed by atoms with E-state index < -0.39 is 5.60 Å². The van der Waals surface area contributed by atoms with E-state index in [2.05, 4.69) is 20.5 Å². The average Bonchev–Trinajstić information content (AvgIpc) is 3.23. The Morgan fingerprint density at radius 1 is 1.17 bits per heavy atom. The van der Waals surface area contributed by atoms with Crippen LogP contribution in [0.5, 0.6) is 0 Å². The van der Waals surface area contributed by atoms with Crippen molar-refractivity contribution in [3.05, 3.63) is 59.9 Å². The van der Waals surface area contributed by atoms with Gasteiger partial charge in [-0.3, -0.25) is 0 Å². The highest BCUT2D eigenvalue weighted by molar-refractivity contribution is 5.14. The minimum atomic E-state index is -0.534. The van der Waals surface area contributed by atoms with Gasteiger partial charge in [-0.2, -0.15) is 0 Å². The molecule has 0 aliphatic carbocycles. The van der Waals surface area contributed by atoms with Gasteiger partial charge in [-0.05, 0) is 26.3 Å². The van der Waals surface area contributed by atoms with Crippen LogP contribution in [0, 0.1) is 0 Å². The molecule has 3 rings (SSSR count). The fourth-order valence-electron chi connectivity index (χ4n) is 2.44. The molecule has 0 bridgehead atoms. The SMILES string of the molecule is CC(c1nncn1C)n1cc(C(C)(C)OCc2ccccc2)nn1. The van der Waals surface area contributed by atoms with E-state index in [1.807, 2.05) is 68.9 Å². The van der Waals surface area contributed by atoms with Crippen LogP contribution in [0.3, 0.4) is 0 Å². The molecule has 0 aliphatic heterocycles. The molecule has 24 heavy (non-hydrogen) atoms. The van der Waals surface area contributed by atoms with Crippen LogP contribution >= 0.6 is 0 Å². The number of aryl methyl sites for hydroxylation is 1. The molecule has 0 N–H and O–H groups in total. The number of nitrogens with zero attached hydrogens (tertiary/aromatic N) is 6. The van der Waals surface area contributed by atoms with Crippen molar-refractivity contribution in [2.75, 3.05) is 0 Å². The van der Waals surface area contributed by atoms with Crippen LogP contribution in [0.2, 0.25) is 0 Å². The summed E-state index contributed by atoms with van der Waals surface area (Å²) < 4.78 is 9.72. The van der Waals surface area contributed by atoms with Crippen molar-refractivity contribution in [2.24, 2.45) is 7.05 Å². The molecule has 0 aliphatic rings. The molecule has 1 atom stereocenters. The van der Waals surface area contributed by atoms with Crippen molar-refractivity contribution in [1.29, 1.82) is 0 Å². The Morgan fingerprint density at radius 3 is 2.58 bits per heavy atom. The van der Waals surface area contributed by atoms with Gasteiger partial charge in [-0.1, -0.05) is 35.5 Å². The quantitative estimate of drug-likeness (QED) is 0.696. The van der Waals surface area contributed by atoms with Crippen LogP contribution in [0.25, 0.3) is 0 Å². The summed E-state index contributed by atoms with van der Waals surface area (Å²) in [6.07, 6.45) is 3.58. The molecule has 1 unspecified atom stereocenters. The van der Waals surface area contributed by atoms with Gasteiger partial charge in [0.1, 0.15) is 23.7 Å². The Balaban J connectivity index is 1.73. The van der Waals surface area contributed by atoms with Crippen molar-refractivity contribution in [3.8, 4) is 0 Å². The number of aromatic nitrogens is 6. The van der Waals surface area contributed by atoms with Crippen LogP contribution in [0.1, 0.15) is 43.9 Å². The molecule has 0 saturated heterocycles. The fourth-order valence-corrected chi connectivity index (χ4v) is 2.44. The number of benzene rings is 1. The summed E-state index contributed by atoms with van der Waals surface area (Å²) in [5, 5.41) is 16.6. The molecule has 0 fully saturated rings. The number of rotatable bonds is 6. The van der Waals surface area contributed by atoms with E-state index in [-0.39, 0.29) is 6.04 Å². The van der Waals surface area contributed by atoms with Crippen LogP contribution < -0.4 is 0 Å². The van der Waals surface area contributed by atoms with Crippen molar-refractivity contribution in [3.63, 3.8) is 0 Å². The minimum Gasteiger partial charge on any atom is -0.364 e. The second kappa shape index (κ2) is 6.52. The van der Waals surface area contributed by atoms with E-state index in [9.17, 15) is 0 Å². The molecule has 7 nitrogen and oxygen atoms in total. The third-order valence-corrected chi connectivity index (χ3v) is 4.09. The third-order valence-electron chi connectivity index (χ3n) is 4.09. The Hall–Kier alpha value is -2.54. The molecule has 0 amide bonds. The zero-order valence-corrected chi connectivity index (χ0v) is 14.4. The first-order chi connectivity index (χ1) is 11.5. The summed E-state index contributed by atoms with van der Waals surface area (Å²) in [5.74, 6) is 0.828. The fraction of sp³-hybridized carbons (Fsp3) is 0.412. The average molecular weight is 326 g/mol. The lowest BCUT2D eigenvalue weighted by Crippen LogP contribution is -2.22. The van der Waals surface area contributed by atoms with Crippen molar-refractivity contribution in [2.45, 2.75) is 39.0 Å². The minimum absolute atomic E-state index is 0.0522. The molecule has 0 spiro atoms. The van der Waals surface area contributed by atoms with Crippen LogP contribution in [-0.2, 0) is 24.0 Å². The van der Waals surface area contributed by atoms with Gasteiger partial charge in [0.15, 0.2) is 5.82 Å². The molecule has 2 heterocycles. The second-order valence-electron chi connectivity index (χ2n) is 6.34. The third kappa shape index (κ3) is 3.35. The summed E-state index contributed by atoms with van der Waals surface area (Å²) in [4.78, 5) is 0. The molecule has 126 valence electrons. The standard InChI is InChI=1S/C17H22N6O/c1-13(16-20-18-12-22(16)4)23-10-15(19-21-23)17(2,3)24-11-14-8-6-5-7-9-14/h5-10,12-13H,11H2,1-4H3. The molecular formula is C17H22N6O. The van der Waals surface area contributed by atoms with Gasteiger partial charge in [0.25, 0.3) is 0 Å². The van der Waals surface area contributed by atoms with E-state index in [4.69, 9.17) is 4.74 Å². The zero-order chi connectivity index (χ0) is 17.2. The molecular weight excluding hydrogens is 304 g/mol. The molecule has 7 heteroatoms. The molecule has 0 radical (unpaired) electrons. The lowest BCUT2D eigenvalue weighted by Gasteiger charge is -2.22. The summed E-state index contributed by atoms with van der Waals surface area (Å²) in [5.41, 5.74) is 1.38. The van der Waals surface area contributed by atoms with Gasteiger partial charge in [-0.15, -0.1) is 15.3 Å². The molecule has 0 saturated carbocycles. The lowest BCUT2D eigenvalue weighted by atomic mass is 10.1. The van der Waals surface area contributed by atoms with Gasteiger partial charge in [0.2, 0.25) is 0 Å².